The molecule has 98 valence electrons. The van der Waals surface area contributed by atoms with Crippen molar-refractivity contribution < 1.29 is 9.47 Å². The molecular formula is C13H15B3N2O2. The van der Waals surface area contributed by atoms with Crippen LogP contribution in [0, 0.1) is 0 Å². The Bertz CT molecular complexity index is 523. The van der Waals surface area contributed by atoms with Gasteiger partial charge in [-0.15, -0.1) is 0 Å². The monoisotopic (exact) mass is 264 g/mol. The van der Waals surface area contributed by atoms with Crippen molar-refractivity contribution in [2.75, 3.05) is 13.2 Å². The van der Waals surface area contributed by atoms with E-state index in [1.165, 1.54) is 0 Å². The van der Waals surface area contributed by atoms with Crippen LogP contribution in [0.25, 0.3) is 0 Å². The molecule has 0 saturated heterocycles. The van der Waals surface area contributed by atoms with Gasteiger partial charge >= 0.3 is 0 Å². The van der Waals surface area contributed by atoms with E-state index in [4.69, 9.17) is 33.0 Å². The van der Waals surface area contributed by atoms with Crippen LogP contribution >= 0.6 is 0 Å². The highest BCUT2D eigenvalue weighted by Crippen LogP contribution is 2.29. The smallest absolute Gasteiger partial charge is 0.189 e. The Morgan fingerprint density at radius 2 is 1.85 bits per heavy atom. The van der Waals surface area contributed by atoms with Crippen LogP contribution in [0.4, 0.5) is 0 Å². The Labute approximate surface area is 123 Å². The minimum atomic E-state index is -0.283. The highest BCUT2D eigenvalue weighted by Gasteiger charge is 2.28. The molecule has 2 aliphatic heterocycles. The molecule has 0 spiro atoms. The zero-order valence-corrected chi connectivity index (χ0v) is 11.7. The molecule has 0 bridgehead atoms. The standard InChI is InChI=1S/C11H9B3N2O2.C2H6/c12-5-1-7-8(2-6(5)13)18-9(4-17-7)11-15-3-10(14)16-11;1-2/h1-2,9-10H,3-4H2,(H,15,16);1-2H3. The molecule has 0 fully saturated rings. The van der Waals surface area contributed by atoms with Crippen molar-refractivity contribution in [2.45, 2.75) is 25.9 Å². The topological polar surface area (TPSA) is 42.8 Å². The number of aliphatic imine (C=N–C) groups is 1. The molecule has 2 unspecified atom stereocenters. The Morgan fingerprint density at radius 1 is 1.20 bits per heavy atom. The molecule has 1 N–H and O–H groups in total. The number of fused-ring (bicyclic) bond motifs is 1. The van der Waals surface area contributed by atoms with Gasteiger partial charge in [0.1, 0.15) is 36.0 Å². The molecule has 6 radical (unpaired) electrons. The highest BCUT2D eigenvalue weighted by atomic mass is 16.6. The summed E-state index contributed by atoms with van der Waals surface area (Å²) in [6, 6.07) is 3.32. The van der Waals surface area contributed by atoms with E-state index >= 15 is 0 Å². The summed E-state index contributed by atoms with van der Waals surface area (Å²) >= 11 is 0. The lowest BCUT2D eigenvalue weighted by Crippen LogP contribution is -2.45. The molecule has 4 nitrogen and oxygen atoms in total. The zero-order valence-electron chi connectivity index (χ0n) is 11.7. The first-order valence-corrected chi connectivity index (χ1v) is 6.68. The minimum absolute atomic E-state index is 0.151. The van der Waals surface area contributed by atoms with Gasteiger partial charge in [0.25, 0.3) is 0 Å². The van der Waals surface area contributed by atoms with E-state index < -0.39 is 0 Å². The van der Waals surface area contributed by atoms with Gasteiger partial charge in [-0.05, 0) is 12.1 Å². The molecule has 0 aliphatic carbocycles. The molecule has 0 amide bonds. The molecular weight excluding hydrogens is 249 g/mol. The number of hydrogen-bond donors (Lipinski definition) is 1. The Morgan fingerprint density at radius 3 is 2.45 bits per heavy atom. The van der Waals surface area contributed by atoms with Crippen LogP contribution in [0.3, 0.4) is 0 Å². The van der Waals surface area contributed by atoms with Crippen molar-refractivity contribution in [2.24, 2.45) is 4.99 Å². The summed E-state index contributed by atoms with van der Waals surface area (Å²) < 4.78 is 11.4. The quantitative estimate of drug-likeness (QED) is 0.657. The third kappa shape index (κ3) is 2.97. The summed E-state index contributed by atoms with van der Waals surface area (Å²) in [5, 5.41) is 3.05. The van der Waals surface area contributed by atoms with Gasteiger partial charge in [0.05, 0.1) is 6.54 Å². The van der Waals surface area contributed by atoms with Crippen LogP contribution in [-0.4, -0.2) is 54.6 Å². The van der Waals surface area contributed by atoms with Crippen LogP contribution < -0.4 is 25.7 Å². The molecule has 2 aliphatic rings. The van der Waals surface area contributed by atoms with Crippen LogP contribution in [0.5, 0.6) is 11.5 Å². The predicted molar refractivity (Wildman–Crippen MR) is 83.5 cm³/mol. The van der Waals surface area contributed by atoms with Crippen LogP contribution in [0.2, 0.25) is 0 Å². The first-order valence-electron chi connectivity index (χ1n) is 6.68. The minimum Gasteiger partial charge on any atom is -0.485 e. The Hall–Kier alpha value is -1.52. The van der Waals surface area contributed by atoms with E-state index in [0.717, 1.165) is 0 Å². The van der Waals surface area contributed by atoms with Crippen molar-refractivity contribution in [3.8, 4) is 11.5 Å². The molecule has 20 heavy (non-hydrogen) atoms. The fraction of sp³-hybridized carbons (Fsp3) is 0.462. The van der Waals surface area contributed by atoms with Gasteiger partial charge in [-0.2, -0.15) is 0 Å². The fourth-order valence-electron chi connectivity index (χ4n) is 1.96. The number of benzene rings is 1. The second-order valence-electron chi connectivity index (χ2n) is 4.32. The average Bonchev–Trinajstić information content (AvgIpc) is 2.88. The lowest BCUT2D eigenvalue weighted by Gasteiger charge is -2.28. The van der Waals surface area contributed by atoms with Gasteiger partial charge in [-0.3, -0.25) is 4.99 Å². The molecule has 1 aromatic rings. The Kier molecular flexibility index (Phi) is 4.68. The van der Waals surface area contributed by atoms with Crippen LogP contribution in [0.1, 0.15) is 13.8 Å². The van der Waals surface area contributed by atoms with Gasteiger partial charge in [-0.25, -0.2) is 0 Å². The number of rotatable bonds is 1. The lowest BCUT2D eigenvalue weighted by molar-refractivity contribution is 0.133. The first-order chi connectivity index (χ1) is 9.63. The predicted octanol–water partition coefficient (Wildman–Crippen LogP) is -1.06. The van der Waals surface area contributed by atoms with Crippen molar-refractivity contribution in [3.63, 3.8) is 0 Å². The number of nitrogens with one attached hydrogen (secondary N) is 1. The molecule has 1 aromatic carbocycles. The summed E-state index contributed by atoms with van der Waals surface area (Å²) in [5.74, 6) is 1.73. The number of ether oxygens (including phenoxy) is 2. The van der Waals surface area contributed by atoms with Gasteiger partial charge in [-0.1, -0.05) is 24.8 Å². The van der Waals surface area contributed by atoms with Crippen molar-refractivity contribution in [3.05, 3.63) is 12.1 Å². The maximum Gasteiger partial charge on any atom is 0.189 e. The van der Waals surface area contributed by atoms with E-state index in [0.29, 0.717) is 41.4 Å². The maximum absolute atomic E-state index is 5.79. The van der Waals surface area contributed by atoms with Crippen molar-refractivity contribution >= 4 is 40.3 Å². The molecule has 2 atom stereocenters. The van der Waals surface area contributed by atoms with Gasteiger partial charge in [0, 0.05) is 5.94 Å². The van der Waals surface area contributed by atoms with Crippen LogP contribution in [-0.2, 0) is 0 Å². The highest BCUT2D eigenvalue weighted by molar-refractivity contribution is 6.48. The summed E-state index contributed by atoms with van der Waals surface area (Å²) in [5.41, 5.74) is 0.949. The number of amidine groups is 1. The van der Waals surface area contributed by atoms with Crippen molar-refractivity contribution in [1.82, 2.24) is 5.32 Å². The second kappa shape index (κ2) is 6.29. The second-order valence-corrected chi connectivity index (χ2v) is 4.32. The van der Waals surface area contributed by atoms with Crippen LogP contribution in [0.15, 0.2) is 17.1 Å². The van der Waals surface area contributed by atoms with E-state index in [2.05, 4.69) is 10.3 Å². The zero-order chi connectivity index (χ0) is 14.7. The number of nitrogens with zero attached hydrogens (tertiary/aromatic N) is 1. The summed E-state index contributed by atoms with van der Waals surface area (Å²) in [4.78, 5) is 4.27. The van der Waals surface area contributed by atoms with Crippen molar-refractivity contribution in [1.29, 1.82) is 0 Å². The molecule has 7 heteroatoms. The van der Waals surface area contributed by atoms with Gasteiger partial charge < -0.3 is 14.8 Å². The third-order valence-corrected chi connectivity index (χ3v) is 2.91. The fourth-order valence-corrected chi connectivity index (χ4v) is 1.96. The third-order valence-electron chi connectivity index (χ3n) is 2.91. The number of hydrogen-bond acceptors (Lipinski definition) is 4. The molecule has 3 rings (SSSR count). The Balaban J connectivity index is 0.000000704. The van der Waals surface area contributed by atoms with E-state index in [-0.39, 0.29) is 12.0 Å². The van der Waals surface area contributed by atoms with E-state index in [1.54, 1.807) is 12.1 Å². The SMILES string of the molecule is CC.[B]c1cc2c(cc1[B])OC(C1=NCC([B])N1)CO2. The summed E-state index contributed by atoms with van der Waals surface area (Å²) in [7, 11) is 17.2. The van der Waals surface area contributed by atoms with Gasteiger partial charge in [0.2, 0.25) is 0 Å². The molecule has 0 aromatic heterocycles. The van der Waals surface area contributed by atoms with E-state index in [1.807, 2.05) is 13.8 Å². The normalized spacial score (nSPS) is 23.2. The molecule has 2 heterocycles. The lowest BCUT2D eigenvalue weighted by atomic mass is 9.80. The first kappa shape index (κ1) is 14.9. The maximum atomic E-state index is 5.79. The largest absolute Gasteiger partial charge is 0.485 e. The average molecular weight is 264 g/mol. The summed E-state index contributed by atoms with van der Waals surface area (Å²) in [6.07, 6.45) is -0.283. The van der Waals surface area contributed by atoms with Gasteiger partial charge in [0.15, 0.2) is 17.6 Å². The van der Waals surface area contributed by atoms with E-state index in [9.17, 15) is 0 Å². The summed E-state index contributed by atoms with van der Waals surface area (Å²) in [6.45, 7) is 4.92. The molecule has 0 saturated carbocycles.